The van der Waals surface area contributed by atoms with Crippen LogP contribution < -0.4 is 5.32 Å². The number of rotatable bonds is 4. The van der Waals surface area contributed by atoms with Gasteiger partial charge in [-0.2, -0.15) is 9.61 Å². The Morgan fingerprint density at radius 1 is 1.14 bits per heavy atom. The van der Waals surface area contributed by atoms with Crippen molar-refractivity contribution in [2.24, 2.45) is 0 Å². The van der Waals surface area contributed by atoms with E-state index >= 15 is 0 Å². The van der Waals surface area contributed by atoms with Crippen molar-refractivity contribution >= 4 is 35.1 Å². The molecule has 138 valence electrons. The van der Waals surface area contributed by atoms with Crippen molar-refractivity contribution in [2.45, 2.75) is 11.4 Å². The summed E-state index contributed by atoms with van der Waals surface area (Å²) in [5.74, 6) is 0.378. The highest BCUT2D eigenvalue weighted by molar-refractivity contribution is 7.80. The third-order valence-corrected chi connectivity index (χ3v) is 4.88. The maximum Gasteiger partial charge on any atom is 0.171 e. The Labute approximate surface area is 164 Å². The molecule has 0 aliphatic carbocycles. The molecule has 8 heteroatoms. The second-order valence-corrected chi connectivity index (χ2v) is 6.86. The van der Waals surface area contributed by atoms with Crippen LogP contribution >= 0.6 is 12.6 Å². The molecule has 0 unspecified atom stereocenters. The zero-order valence-corrected chi connectivity index (χ0v) is 15.5. The molecule has 0 fully saturated rings. The number of benzene rings is 2. The summed E-state index contributed by atoms with van der Waals surface area (Å²) in [7, 11) is 0. The maximum atomic E-state index is 14.3. The Morgan fingerprint density at radius 2 is 2.04 bits per heavy atom. The SMILES string of the molecule is Fc1ccccc1-c1cc(NCc2ccc3nc[nH]c3c2)n2ncc(S)c2n1. The van der Waals surface area contributed by atoms with Gasteiger partial charge < -0.3 is 10.3 Å². The molecule has 5 rings (SSSR count). The van der Waals surface area contributed by atoms with Gasteiger partial charge in [0.25, 0.3) is 0 Å². The maximum absolute atomic E-state index is 14.3. The number of hydrogen-bond acceptors (Lipinski definition) is 5. The monoisotopic (exact) mass is 390 g/mol. The number of H-pyrrole nitrogens is 1. The fourth-order valence-electron chi connectivity index (χ4n) is 3.17. The largest absolute Gasteiger partial charge is 0.366 e. The Bertz CT molecular complexity index is 1310. The van der Waals surface area contributed by atoms with Crippen molar-refractivity contribution in [3.8, 4) is 11.3 Å². The van der Waals surface area contributed by atoms with Gasteiger partial charge in [0.2, 0.25) is 0 Å². The van der Waals surface area contributed by atoms with Crippen molar-refractivity contribution in [1.29, 1.82) is 0 Å². The highest BCUT2D eigenvalue weighted by atomic mass is 32.1. The molecule has 3 aromatic heterocycles. The van der Waals surface area contributed by atoms with Gasteiger partial charge in [-0.3, -0.25) is 0 Å². The van der Waals surface area contributed by atoms with E-state index in [0.717, 1.165) is 16.6 Å². The smallest absolute Gasteiger partial charge is 0.171 e. The molecule has 28 heavy (non-hydrogen) atoms. The molecule has 0 bridgehead atoms. The van der Waals surface area contributed by atoms with Gasteiger partial charge in [0.1, 0.15) is 11.6 Å². The average molecular weight is 390 g/mol. The molecule has 0 radical (unpaired) electrons. The summed E-state index contributed by atoms with van der Waals surface area (Å²) in [6.07, 6.45) is 3.30. The number of anilines is 1. The molecule has 0 atom stereocenters. The predicted molar refractivity (Wildman–Crippen MR) is 109 cm³/mol. The fourth-order valence-corrected chi connectivity index (χ4v) is 3.37. The van der Waals surface area contributed by atoms with Crippen LogP contribution in [0, 0.1) is 5.82 Å². The molecule has 5 aromatic rings. The minimum atomic E-state index is -0.324. The van der Waals surface area contributed by atoms with Crippen LogP contribution in [-0.2, 0) is 6.54 Å². The molecule has 0 saturated carbocycles. The lowest BCUT2D eigenvalue weighted by molar-refractivity contribution is 0.630. The average Bonchev–Trinajstić information content (AvgIpc) is 3.33. The van der Waals surface area contributed by atoms with E-state index in [0.29, 0.717) is 34.2 Å². The number of aromatic amines is 1. The zero-order valence-electron chi connectivity index (χ0n) is 14.6. The van der Waals surface area contributed by atoms with Crippen LogP contribution in [0.4, 0.5) is 10.2 Å². The third-order valence-electron chi connectivity index (χ3n) is 4.56. The van der Waals surface area contributed by atoms with Crippen molar-refractivity contribution in [3.05, 3.63) is 72.4 Å². The summed E-state index contributed by atoms with van der Waals surface area (Å²) < 4.78 is 16.0. The van der Waals surface area contributed by atoms with Gasteiger partial charge in [-0.1, -0.05) is 18.2 Å². The summed E-state index contributed by atoms with van der Waals surface area (Å²) in [5, 5.41) is 7.71. The highest BCUT2D eigenvalue weighted by Gasteiger charge is 2.13. The van der Waals surface area contributed by atoms with E-state index in [1.807, 2.05) is 18.2 Å². The minimum absolute atomic E-state index is 0.324. The Kier molecular flexibility index (Phi) is 3.98. The van der Waals surface area contributed by atoms with Crippen molar-refractivity contribution < 1.29 is 4.39 Å². The number of imidazole rings is 1. The molecule has 0 amide bonds. The number of aromatic nitrogens is 5. The fraction of sp³-hybridized carbons (Fsp3) is 0.0500. The van der Waals surface area contributed by atoms with Gasteiger partial charge in [0.15, 0.2) is 5.65 Å². The number of nitrogens with one attached hydrogen (secondary N) is 2. The number of hydrogen-bond donors (Lipinski definition) is 3. The van der Waals surface area contributed by atoms with Crippen LogP contribution in [0.5, 0.6) is 0 Å². The lowest BCUT2D eigenvalue weighted by atomic mass is 10.1. The van der Waals surface area contributed by atoms with Crippen LogP contribution in [0.25, 0.3) is 27.9 Å². The van der Waals surface area contributed by atoms with Gasteiger partial charge in [-0.25, -0.2) is 14.4 Å². The van der Waals surface area contributed by atoms with E-state index in [-0.39, 0.29) is 5.82 Å². The predicted octanol–water partition coefficient (Wildman–Crippen LogP) is 4.31. The molecule has 3 heterocycles. The topological polar surface area (TPSA) is 70.9 Å². The molecule has 2 N–H and O–H groups in total. The molecule has 0 aliphatic heterocycles. The Morgan fingerprint density at radius 3 is 2.93 bits per heavy atom. The summed E-state index contributed by atoms with van der Waals surface area (Å²) in [6, 6.07) is 14.4. The number of thiol groups is 1. The third kappa shape index (κ3) is 2.87. The summed E-state index contributed by atoms with van der Waals surface area (Å²) >= 11 is 4.43. The lowest BCUT2D eigenvalue weighted by Gasteiger charge is -2.11. The summed E-state index contributed by atoms with van der Waals surface area (Å²) in [6.45, 7) is 0.562. The quantitative estimate of drug-likeness (QED) is 0.400. The van der Waals surface area contributed by atoms with Gasteiger partial charge in [0, 0.05) is 18.2 Å². The standard InChI is InChI=1S/C20H15FN6S/c21-14-4-2-1-3-13(14)16-8-19(27-20(26-16)18(28)10-25-27)22-9-12-5-6-15-17(7-12)24-11-23-15/h1-8,10-11,22,28H,9H2,(H,23,24). The second kappa shape index (κ2) is 6.65. The Balaban J connectivity index is 1.55. The molecule has 2 aromatic carbocycles. The Hall–Kier alpha value is -3.39. The summed E-state index contributed by atoms with van der Waals surface area (Å²) in [4.78, 5) is 12.5. The first-order valence-corrected chi connectivity index (χ1v) is 9.12. The van der Waals surface area contributed by atoms with Crippen molar-refractivity contribution in [2.75, 3.05) is 5.32 Å². The van der Waals surface area contributed by atoms with E-state index in [1.165, 1.54) is 6.07 Å². The first-order chi connectivity index (χ1) is 13.7. The van der Waals surface area contributed by atoms with Gasteiger partial charge >= 0.3 is 0 Å². The second-order valence-electron chi connectivity index (χ2n) is 6.38. The first-order valence-electron chi connectivity index (χ1n) is 8.67. The number of halogens is 1. The molecular formula is C20H15FN6S. The van der Waals surface area contributed by atoms with Crippen LogP contribution in [0.1, 0.15) is 5.56 Å². The van der Waals surface area contributed by atoms with Crippen LogP contribution in [-0.4, -0.2) is 24.6 Å². The highest BCUT2D eigenvalue weighted by Crippen LogP contribution is 2.27. The van der Waals surface area contributed by atoms with E-state index in [1.54, 1.807) is 41.3 Å². The lowest BCUT2D eigenvalue weighted by Crippen LogP contribution is -2.07. The minimum Gasteiger partial charge on any atom is -0.366 e. The first kappa shape index (κ1) is 16.8. The molecular weight excluding hydrogens is 375 g/mol. The van der Waals surface area contributed by atoms with Crippen LogP contribution in [0.15, 0.2) is 66.0 Å². The molecule has 0 aliphatic rings. The van der Waals surface area contributed by atoms with E-state index in [2.05, 4.69) is 38.0 Å². The van der Waals surface area contributed by atoms with Crippen molar-refractivity contribution in [1.82, 2.24) is 24.6 Å². The summed E-state index contributed by atoms with van der Waals surface area (Å²) in [5.41, 5.74) is 4.49. The normalized spacial score (nSPS) is 11.4. The van der Waals surface area contributed by atoms with E-state index < -0.39 is 0 Å². The van der Waals surface area contributed by atoms with Crippen LogP contribution in [0.3, 0.4) is 0 Å². The number of fused-ring (bicyclic) bond motifs is 2. The number of nitrogens with zero attached hydrogens (tertiary/aromatic N) is 4. The molecule has 6 nitrogen and oxygen atoms in total. The van der Waals surface area contributed by atoms with E-state index in [9.17, 15) is 4.39 Å². The molecule has 0 saturated heterocycles. The molecule has 0 spiro atoms. The van der Waals surface area contributed by atoms with E-state index in [4.69, 9.17) is 0 Å². The van der Waals surface area contributed by atoms with Crippen molar-refractivity contribution in [3.63, 3.8) is 0 Å². The van der Waals surface area contributed by atoms with Gasteiger partial charge in [-0.05, 0) is 29.8 Å². The van der Waals surface area contributed by atoms with Crippen LogP contribution in [0.2, 0.25) is 0 Å². The zero-order chi connectivity index (χ0) is 19.1. The van der Waals surface area contributed by atoms with Gasteiger partial charge in [-0.15, -0.1) is 12.6 Å². The van der Waals surface area contributed by atoms with Gasteiger partial charge in [0.05, 0.1) is 34.1 Å².